The van der Waals surface area contributed by atoms with E-state index in [0.717, 1.165) is 0 Å². The lowest BCUT2D eigenvalue weighted by atomic mass is 10.1. The number of alkyl halides is 5. The van der Waals surface area contributed by atoms with Gasteiger partial charge in [-0.1, -0.05) is 12.1 Å². The molecule has 0 aliphatic rings. The van der Waals surface area contributed by atoms with Gasteiger partial charge in [-0.3, -0.25) is 4.79 Å². The van der Waals surface area contributed by atoms with Gasteiger partial charge >= 0.3 is 18.0 Å². The molecule has 1 aromatic carbocycles. The summed E-state index contributed by atoms with van der Waals surface area (Å²) in [5.74, 6) is -7.72. The summed E-state index contributed by atoms with van der Waals surface area (Å²) in [4.78, 5) is 11.8. The molecule has 0 heterocycles. The molecular weight excluding hydrogens is 283 g/mol. The first-order valence-electron chi connectivity index (χ1n) is 5.70. The summed E-state index contributed by atoms with van der Waals surface area (Å²) >= 11 is 0. The summed E-state index contributed by atoms with van der Waals surface area (Å²) in [5.41, 5.74) is 5.97. The number of carbonyl (C=O) groups is 1. The molecule has 8 heteroatoms. The lowest BCUT2D eigenvalue weighted by Gasteiger charge is -2.27. The second-order valence-corrected chi connectivity index (χ2v) is 3.99. The van der Waals surface area contributed by atoms with E-state index < -0.39 is 18.0 Å². The van der Waals surface area contributed by atoms with Crippen molar-refractivity contribution in [1.82, 2.24) is 0 Å². The van der Waals surface area contributed by atoms with E-state index in [1.54, 1.807) is 0 Å². The number of nitrogens with zero attached hydrogens (tertiary/aromatic N) is 1. The first-order chi connectivity index (χ1) is 9.15. The zero-order valence-electron chi connectivity index (χ0n) is 10.5. The van der Waals surface area contributed by atoms with E-state index in [1.807, 2.05) is 0 Å². The van der Waals surface area contributed by atoms with Gasteiger partial charge in [0, 0.05) is 18.8 Å². The highest BCUT2D eigenvalue weighted by Crippen LogP contribution is 2.37. The lowest BCUT2D eigenvalue weighted by molar-refractivity contribution is -0.268. The normalized spacial score (nSPS) is 12.3. The highest BCUT2D eigenvalue weighted by Gasteiger charge is 2.64. The summed E-state index contributed by atoms with van der Waals surface area (Å²) in [6.45, 7) is 1.19. The number of amides is 1. The minimum atomic E-state index is -5.92. The Morgan fingerprint density at radius 1 is 1.15 bits per heavy atom. The molecule has 0 aliphatic carbocycles. The van der Waals surface area contributed by atoms with Gasteiger partial charge in [0.1, 0.15) is 0 Å². The van der Waals surface area contributed by atoms with Crippen molar-refractivity contribution in [2.45, 2.75) is 25.6 Å². The second kappa shape index (κ2) is 5.74. The zero-order chi connectivity index (χ0) is 15.6. The molecule has 1 amide bonds. The molecule has 0 saturated heterocycles. The fourth-order valence-electron chi connectivity index (χ4n) is 1.55. The highest BCUT2D eigenvalue weighted by atomic mass is 19.4. The number of hydrogen-bond acceptors (Lipinski definition) is 2. The van der Waals surface area contributed by atoms with Crippen molar-refractivity contribution in [1.29, 1.82) is 0 Å². The van der Waals surface area contributed by atoms with Crippen molar-refractivity contribution >= 4 is 11.6 Å². The summed E-state index contributed by atoms with van der Waals surface area (Å²) < 4.78 is 62.7. The number of nitrogens with two attached hydrogens (primary N) is 1. The number of carbonyl (C=O) groups excluding carboxylic acids is 1. The number of benzene rings is 1. The van der Waals surface area contributed by atoms with Gasteiger partial charge in [0.25, 0.3) is 0 Å². The molecule has 3 nitrogen and oxygen atoms in total. The van der Waals surface area contributed by atoms with E-state index in [9.17, 15) is 26.7 Å². The summed E-state index contributed by atoms with van der Waals surface area (Å²) in [6.07, 6.45) is -5.92. The first-order valence-corrected chi connectivity index (χ1v) is 5.70. The summed E-state index contributed by atoms with van der Waals surface area (Å²) in [5, 5.41) is 0. The monoisotopic (exact) mass is 296 g/mol. The molecule has 2 N–H and O–H groups in total. The van der Waals surface area contributed by atoms with E-state index in [-0.39, 0.29) is 18.8 Å². The predicted molar refractivity (Wildman–Crippen MR) is 63.4 cm³/mol. The van der Waals surface area contributed by atoms with Crippen LogP contribution in [0, 0.1) is 0 Å². The standard InChI is InChI=1S/C12H13F5N2O/c1-2-19(9-5-3-8(7-18)4-6-9)10(20)11(13,14)12(15,16)17/h3-6H,2,7,18H2,1H3. The molecule has 112 valence electrons. The van der Waals surface area contributed by atoms with Crippen LogP contribution in [0.25, 0.3) is 0 Å². The van der Waals surface area contributed by atoms with Crippen LogP contribution in [0.2, 0.25) is 0 Å². The number of anilines is 1. The second-order valence-electron chi connectivity index (χ2n) is 3.99. The molecule has 0 atom stereocenters. The number of rotatable bonds is 4. The zero-order valence-corrected chi connectivity index (χ0v) is 10.5. The van der Waals surface area contributed by atoms with Gasteiger partial charge in [0.15, 0.2) is 0 Å². The molecule has 0 unspecified atom stereocenters. The SMILES string of the molecule is CCN(C(=O)C(F)(F)C(F)(F)F)c1ccc(CN)cc1. The van der Waals surface area contributed by atoms with Crippen molar-refractivity contribution in [3.63, 3.8) is 0 Å². The van der Waals surface area contributed by atoms with Gasteiger partial charge in [-0.2, -0.15) is 22.0 Å². The third-order valence-electron chi connectivity index (χ3n) is 2.67. The van der Waals surface area contributed by atoms with Gasteiger partial charge in [-0.05, 0) is 24.6 Å². The Morgan fingerprint density at radius 2 is 1.65 bits per heavy atom. The third-order valence-corrected chi connectivity index (χ3v) is 2.67. The maximum Gasteiger partial charge on any atom is 0.463 e. The smallest absolute Gasteiger partial charge is 0.326 e. The van der Waals surface area contributed by atoms with E-state index in [2.05, 4.69) is 0 Å². The Labute approximate surface area is 112 Å². The Bertz CT molecular complexity index is 470. The predicted octanol–water partition coefficient (Wildman–Crippen LogP) is 2.70. The van der Waals surface area contributed by atoms with Gasteiger partial charge in [-0.15, -0.1) is 0 Å². The van der Waals surface area contributed by atoms with Crippen LogP contribution in [0.4, 0.5) is 27.6 Å². The quantitative estimate of drug-likeness (QED) is 0.868. The van der Waals surface area contributed by atoms with Crippen LogP contribution in [-0.2, 0) is 11.3 Å². The molecule has 0 radical (unpaired) electrons. The molecule has 0 aliphatic heterocycles. The van der Waals surface area contributed by atoms with Crippen molar-refractivity contribution in [3.05, 3.63) is 29.8 Å². The molecule has 0 spiro atoms. The molecule has 0 fully saturated rings. The molecular formula is C12H13F5N2O. The minimum Gasteiger partial charge on any atom is -0.326 e. The van der Waals surface area contributed by atoms with Gasteiger partial charge in [0.2, 0.25) is 0 Å². The fourth-order valence-corrected chi connectivity index (χ4v) is 1.55. The van der Waals surface area contributed by atoms with Crippen LogP contribution in [0.5, 0.6) is 0 Å². The van der Waals surface area contributed by atoms with Crippen molar-refractivity contribution in [3.8, 4) is 0 Å². The minimum absolute atomic E-state index is 0.0429. The molecule has 1 aromatic rings. The van der Waals surface area contributed by atoms with E-state index in [0.29, 0.717) is 10.5 Å². The Morgan fingerprint density at radius 3 is 2.00 bits per heavy atom. The van der Waals surface area contributed by atoms with Crippen molar-refractivity contribution < 1.29 is 26.7 Å². The Balaban J connectivity index is 3.09. The topological polar surface area (TPSA) is 46.3 Å². The maximum atomic E-state index is 13.1. The van der Waals surface area contributed by atoms with E-state index >= 15 is 0 Å². The Kier molecular flexibility index (Phi) is 4.69. The number of halogens is 5. The van der Waals surface area contributed by atoms with E-state index in [1.165, 1.54) is 31.2 Å². The highest BCUT2D eigenvalue weighted by molar-refractivity contribution is 5.98. The number of hydrogen-bond donors (Lipinski definition) is 1. The van der Waals surface area contributed by atoms with Crippen LogP contribution in [0.1, 0.15) is 12.5 Å². The lowest BCUT2D eigenvalue weighted by Crippen LogP contribution is -2.52. The Hall–Kier alpha value is -1.70. The first kappa shape index (κ1) is 16.4. The molecule has 0 bridgehead atoms. The van der Waals surface area contributed by atoms with E-state index in [4.69, 9.17) is 5.73 Å². The van der Waals surface area contributed by atoms with Gasteiger partial charge in [0.05, 0.1) is 0 Å². The molecule has 20 heavy (non-hydrogen) atoms. The van der Waals surface area contributed by atoms with Crippen molar-refractivity contribution in [2.24, 2.45) is 5.73 Å². The largest absolute Gasteiger partial charge is 0.463 e. The van der Waals surface area contributed by atoms with Crippen LogP contribution in [-0.4, -0.2) is 24.6 Å². The summed E-state index contributed by atoms with van der Waals surface area (Å²) in [7, 11) is 0. The van der Waals surface area contributed by atoms with Crippen molar-refractivity contribution in [2.75, 3.05) is 11.4 Å². The molecule has 1 rings (SSSR count). The van der Waals surface area contributed by atoms with Crippen LogP contribution in [0.3, 0.4) is 0 Å². The fraction of sp³-hybridized carbons (Fsp3) is 0.417. The maximum absolute atomic E-state index is 13.1. The van der Waals surface area contributed by atoms with Crippen LogP contribution < -0.4 is 10.6 Å². The molecule has 0 saturated carbocycles. The van der Waals surface area contributed by atoms with Gasteiger partial charge in [-0.25, -0.2) is 0 Å². The van der Waals surface area contributed by atoms with Crippen LogP contribution in [0.15, 0.2) is 24.3 Å². The van der Waals surface area contributed by atoms with Crippen LogP contribution >= 0.6 is 0 Å². The average Bonchev–Trinajstić information content (AvgIpc) is 2.39. The third kappa shape index (κ3) is 3.06. The van der Waals surface area contributed by atoms with Gasteiger partial charge < -0.3 is 10.6 Å². The summed E-state index contributed by atoms with van der Waals surface area (Å²) in [6, 6.07) is 5.46. The average molecular weight is 296 g/mol. The molecule has 0 aromatic heterocycles.